The van der Waals surface area contributed by atoms with Gasteiger partial charge in [0.05, 0.1) is 0 Å². The normalized spacial score (nSPS) is 10.4. The van der Waals surface area contributed by atoms with Crippen molar-refractivity contribution < 1.29 is 9.18 Å². The Morgan fingerprint density at radius 2 is 2.19 bits per heavy atom. The third-order valence-electron chi connectivity index (χ3n) is 2.83. The first kappa shape index (κ1) is 15.2. The van der Waals surface area contributed by atoms with E-state index in [1.54, 1.807) is 18.2 Å². The molecule has 0 saturated carbocycles. The van der Waals surface area contributed by atoms with Crippen LogP contribution in [0.25, 0.3) is 0 Å². The summed E-state index contributed by atoms with van der Waals surface area (Å²) in [5.74, 6) is -0.344. The van der Waals surface area contributed by atoms with Crippen molar-refractivity contribution in [3.63, 3.8) is 0 Å². The van der Waals surface area contributed by atoms with Gasteiger partial charge in [0.2, 0.25) is 0 Å². The van der Waals surface area contributed by atoms with Crippen LogP contribution in [-0.4, -0.2) is 24.0 Å². The number of nitrogens with zero attached hydrogens (tertiary/aromatic N) is 1. The van der Waals surface area contributed by atoms with Crippen LogP contribution in [0.4, 0.5) is 15.3 Å². The van der Waals surface area contributed by atoms with E-state index in [1.165, 1.54) is 17.4 Å². The second-order valence-electron chi connectivity index (χ2n) is 4.36. The molecule has 0 atom stereocenters. The van der Waals surface area contributed by atoms with E-state index in [0.717, 1.165) is 0 Å². The van der Waals surface area contributed by atoms with Crippen LogP contribution in [0.1, 0.15) is 22.2 Å². The topological polar surface area (TPSA) is 80.0 Å². The van der Waals surface area contributed by atoms with Gasteiger partial charge in [0, 0.05) is 13.1 Å². The summed E-state index contributed by atoms with van der Waals surface area (Å²) in [4.78, 5) is 16.5. The van der Waals surface area contributed by atoms with E-state index in [4.69, 9.17) is 5.73 Å². The zero-order chi connectivity index (χ0) is 15.2. The van der Waals surface area contributed by atoms with E-state index in [-0.39, 0.29) is 17.5 Å². The Morgan fingerprint density at radius 3 is 2.90 bits per heavy atom. The molecule has 0 saturated heterocycles. The first-order chi connectivity index (χ1) is 10.1. The van der Waals surface area contributed by atoms with Crippen LogP contribution in [0.3, 0.4) is 0 Å². The van der Waals surface area contributed by atoms with Crippen LogP contribution in [-0.2, 0) is 6.42 Å². The van der Waals surface area contributed by atoms with Gasteiger partial charge in [0.15, 0.2) is 5.13 Å². The number of nitrogen functional groups attached to an aromatic ring is 1. The van der Waals surface area contributed by atoms with Crippen LogP contribution >= 0.6 is 11.3 Å². The molecule has 1 heterocycles. The highest BCUT2D eigenvalue weighted by molar-refractivity contribution is 7.18. The number of nitrogens with one attached hydrogen (secondary N) is 2. The molecule has 2 aromatic rings. The molecular weight excluding hydrogens is 291 g/mol. The van der Waals surface area contributed by atoms with Crippen molar-refractivity contribution in [1.29, 1.82) is 0 Å². The van der Waals surface area contributed by atoms with Gasteiger partial charge in [-0.2, -0.15) is 0 Å². The number of thiazole rings is 1. The van der Waals surface area contributed by atoms with Gasteiger partial charge >= 0.3 is 0 Å². The molecule has 0 radical (unpaired) electrons. The highest BCUT2D eigenvalue weighted by atomic mass is 32.1. The number of carbonyl (C=O) groups excluding carboxylic acids is 1. The van der Waals surface area contributed by atoms with Crippen LogP contribution < -0.4 is 16.4 Å². The molecule has 4 N–H and O–H groups in total. The Balaban J connectivity index is 1.91. The van der Waals surface area contributed by atoms with E-state index in [0.29, 0.717) is 35.1 Å². The first-order valence-corrected chi connectivity index (χ1v) is 7.45. The minimum absolute atomic E-state index is 0.208. The minimum atomic E-state index is -0.287. The predicted octanol–water partition coefficient (Wildman–Crippen LogP) is 2.27. The maximum atomic E-state index is 13.4. The molecule has 0 spiro atoms. The summed E-state index contributed by atoms with van der Waals surface area (Å²) in [6.45, 7) is 2.99. The molecule has 5 nitrogen and oxygen atoms in total. The number of anilines is 2. The van der Waals surface area contributed by atoms with Crippen molar-refractivity contribution in [1.82, 2.24) is 10.3 Å². The van der Waals surface area contributed by atoms with Crippen LogP contribution in [0.15, 0.2) is 24.3 Å². The third-order valence-corrected chi connectivity index (χ3v) is 3.85. The van der Waals surface area contributed by atoms with Crippen molar-refractivity contribution in [2.45, 2.75) is 13.3 Å². The number of hydrogen-bond acceptors (Lipinski definition) is 5. The number of rotatable bonds is 6. The average molecular weight is 308 g/mol. The third kappa shape index (κ3) is 3.91. The Bertz CT molecular complexity index is 629. The van der Waals surface area contributed by atoms with E-state index in [9.17, 15) is 9.18 Å². The van der Waals surface area contributed by atoms with Gasteiger partial charge in [-0.1, -0.05) is 29.5 Å². The zero-order valence-corrected chi connectivity index (χ0v) is 12.5. The van der Waals surface area contributed by atoms with Gasteiger partial charge in [0.25, 0.3) is 5.91 Å². The molecule has 0 aliphatic heterocycles. The molecule has 0 bridgehead atoms. The van der Waals surface area contributed by atoms with Gasteiger partial charge in [-0.15, -0.1) is 0 Å². The van der Waals surface area contributed by atoms with Crippen molar-refractivity contribution >= 4 is 28.2 Å². The fourth-order valence-electron chi connectivity index (χ4n) is 1.81. The molecule has 2 rings (SSSR count). The lowest BCUT2D eigenvalue weighted by molar-refractivity contribution is 0.0958. The summed E-state index contributed by atoms with van der Waals surface area (Å²) < 4.78 is 13.4. The number of nitrogens with two attached hydrogens (primary N) is 1. The van der Waals surface area contributed by atoms with Crippen molar-refractivity contribution in [2.75, 3.05) is 24.1 Å². The molecule has 0 fully saturated rings. The lowest BCUT2D eigenvalue weighted by Crippen LogP contribution is -2.25. The standard InChI is InChI=1S/C14H17FN4OS/c1-2-17-14-19-12(16)11(21-14)13(20)18-8-7-9-5-3-4-6-10(9)15/h3-6H,2,7-8,16H2,1H3,(H,17,19)(H,18,20). The van der Waals surface area contributed by atoms with E-state index >= 15 is 0 Å². The monoisotopic (exact) mass is 308 g/mol. The van der Waals surface area contributed by atoms with Gasteiger partial charge in [-0.3, -0.25) is 4.79 Å². The van der Waals surface area contributed by atoms with Crippen LogP contribution in [0, 0.1) is 5.82 Å². The summed E-state index contributed by atoms with van der Waals surface area (Å²) in [5, 5.41) is 6.36. The van der Waals surface area contributed by atoms with E-state index in [2.05, 4.69) is 15.6 Å². The molecule has 0 unspecified atom stereocenters. The van der Waals surface area contributed by atoms with Crippen molar-refractivity contribution in [3.05, 3.63) is 40.5 Å². The maximum Gasteiger partial charge on any atom is 0.265 e. The van der Waals surface area contributed by atoms with Crippen molar-refractivity contribution in [2.24, 2.45) is 0 Å². The summed E-state index contributed by atoms with van der Waals surface area (Å²) in [6.07, 6.45) is 0.428. The predicted molar refractivity (Wildman–Crippen MR) is 83.1 cm³/mol. The number of amides is 1. The Morgan fingerprint density at radius 1 is 1.43 bits per heavy atom. The van der Waals surface area contributed by atoms with Crippen molar-refractivity contribution in [3.8, 4) is 0 Å². The molecule has 0 aliphatic rings. The minimum Gasteiger partial charge on any atom is -0.382 e. The van der Waals surface area contributed by atoms with Gasteiger partial charge in [0.1, 0.15) is 16.5 Å². The molecular formula is C14H17FN4OS. The van der Waals surface area contributed by atoms with E-state index < -0.39 is 0 Å². The summed E-state index contributed by atoms with van der Waals surface area (Å²) >= 11 is 1.21. The van der Waals surface area contributed by atoms with Gasteiger partial charge in [-0.05, 0) is 25.0 Å². The molecule has 7 heteroatoms. The highest BCUT2D eigenvalue weighted by Crippen LogP contribution is 2.24. The summed E-state index contributed by atoms with van der Waals surface area (Å²) in [5.41, 5.74) is 6.29. The van der Waals surface area contributed by atoms with Gasteiger partial charge in [-0.25, -0.2) is 9.37 Å². The summed E-state index contributed by atoms with van der Waals surface area (Å²) in [7, 11) is 0. The fourth-order valence-corrected chi connectivity index (χ4v) is 2.68. The van der Waals surface area contributed by atoms with E-state index in [1.807, 2.05) is 6.92 Å². The molecule has 1 amide bonds. The average Bonchev–Trinajstić information content (AvgIpc) is 2.82. The van der Waals surface area contributed by atoms with Crippen LogP contribution in [0.2, 0.25) is 0 Å². The molecule has 112 valence electrons. The SMILES string of the molecule is CCNc1nc(N)c(C(=O)NCCc2ccccc2F)s1. The van der Waals surface area contributed by atoms with Gasteiger partial charge < -0.3 is 16.4 Å². The molecule has 1 aromatic heterocycles. The Labute approximate surface area is 126 Å². The quantitative estimate of drug-likeness (QED) is 0.765. The zero-order valence-electron chi connectivity index (χ0n) is 11.6. The Hall–Kier alpha value is -2.15. The first-order valence-electron chi connectivity index (χ1n) is 6.63. The Kier molecular flexibility index (Phi) is 5.10. The molecule has 0 aliphatic carbocycles. The largest absolute Gasteiger partial charge is 0.382 e. The maximum absolute atomic E-state index is 13.4. The number of aromatic nitrogens is 1. The second-order valence-corrected chi connectivity index (χ2v) is 5.36. The molecule has 1 aromatic carbocycles. The molecule has 21 heavy (non-hydrogen) atoms. The summed E-state index contributed by atoms with van der Waals surface area (Å²) in [6, 6.07) is 6.51. The number of carbonyl (C=O) groups is 1. The number of benzene rings is 1. The number of halogens is 1. The van der Waals surface area contributed by atoms with Crippen LogP contribution in [0.5, 0.6) is 0 Å². The number of hydrogen-bond donors (Lipinski definition) is 3. The smallest absolute Gasteiger partial charge is 0.265 e. The lowest BCUT2D eigenvalue weighted by Gasteiger charge is -2.05. The second kappa shape index (κ2) is 7.03. The lowest BCUT2D eigenvalue weighted by atomic mass is 10.1. The highest BCUT2D eigenvalue weighted by Gasteiger charge is 2.15. The fraction of sp³-hybridized carbons (Fsp3) is 0.286.